The van der Waals surface area contributed by atoms with Gasteiger partial charge in [-0.15, -0.1) is 0 Å². The van der Waals surface area contributed by atoms with Gasteiger partial charge in [-0.05, 0) is 13.0 Å². The summed E-state index contributed by atoms with van der Waals surface area (Å²) < 4.78 is 13.9. The van der Waals surface area contributed by atoms with E-state index in [-0.39, 0.29) is 5.79 Å². The van der Waals surface area contributed by atoms with E-state index in [0.29, 0.717) is 11.3 Å². The molecule has 0 amide bonds. The predicted molar refractivity (Wildman–Crippen MR) is 78.8 cm³/mol. The Balaban J connectivity index is 1.73. The van der Waals surface area contributed by atoms with Crippen molar-refractivity contribution in [1.82, 2.24) is 14.9 Å². The molecule has 1 aromatic heterocycles. The molecule has 20 heavy (non-hydrogen) atoms. The number of aryl methyl sites for hydroxylation is 1. The maximum Gasteiger partial charge on any atom is 0.169 e. The summed E-state index contributed by atoms with van der Waals surface area (Å²) >= 11 is 1.84. The maximum atomic E-state index is 5.90. The molecule has 0 bridgehead atoms. The Hall–Kier alpha value is -0.560. The normalized spacial score (nSPS) is 29.1. The molecule has 2 unspecified atom stereocenters. The Bertz CT molecular complexity index is 445. The number of aromatic nitrogens is 2. The van der Waals surface area contributed by atoms with E-state index in [2.05, 4.69) is 21.8 Å². The summed E-state index contributed by atoms with van der Waals surface area (Å²) in [6.07, 6.45) is 6.86. The fraction of sp³-hybridized carbons (Fsp3) is 0.786. The first-order chi connectivity index (χ1) is 9.72. The molecule has 6 heteroatoms. The Morgan fingerprint density at radius 3 is 2.95 bits per heavy atom. The van der Waals surface area contributed by atoms with Crippen LogP contribution in [0.5, 0.6) is 0 Å². The van der Waals surface area contributed by atoms with E-state index in [1.165, 1.54) is 0 Å². The van der Waals surface area contributed by atoms with Crippen LogP contribution in [0.3, 0.4) is 0 Å². The third-order valence-corrected chi connectivity index (χ3v) is 5.51. The van der Waals surface area contributed by atoms with E-state index < -0.39 is 0 Å². The van der Waals surface area contributed by atoms with Crippen LogP contribution in [0.1, 0.15) is 26.2 Å². The first-order valence-electron chi connectivity index (χ1n) is 7.38. The van der Waals surface area contributed by atoms with Crippen molar-refractivity contribution in [2.75, 3.05) is 19.8 Å². The summed E-state index contributed by atoms with van der Waals surface area (Å²) in [6, 6.07) is 0.500. The number of hydrogen-bond donors (Lipinski definition) is 1. The van der Waals surface area contributed by atoms with Crippen molar-refractivity contribution >= 4 is 11.8 Å². The van der Waals surface area contributed by atoms with Crippen LogP contribution in [0.15, 0.2) is 17.6 Å². The fourth-order valence-electron chi connectivity index (χ4n) is 3.09. The van der Waals surface area contributed by atoms with Gasteiger partial charge in [-0.1, -0.05) is 18.7 Å². The monoisotopic (exact) mass is 297 g/mol. The summed E-state index contributed by atoms with van der Waals surface area (Å²) in [6.45, 7) is 4.61. The first kappa shape index (κ1) is 14.4. The number of imidazole rings is 1. The van der Waals surface area contributed by atoms with Crippen LogP contribution in [0.4, 0.5) is 0 Å². The predicted octanol–water partition coefficient (Wildman–Crippen LogP) is 1.79. The van der Waals surface area contributed by atoms with Crippen LogP contribution in [-0.2, 0) is 16.5 Å². The topological polar surface area (TPSA) is 48.3 Å². The van der Waals surface area contributed by atoms with Gasteiger partial charge in [0.05, 0.1) is 13.2 Å². The summed E-state index contributed by atoms with van der Waals surface area (Å²) in [5, 5.41) is 5.10. The number of nitrogens with zero attached hydrogens (tertiary/aromatic N) is 2. The lowest BCUT2D eigenvalue weighted by Crippen LogP contribution is -2.49. The molecule has 0 aromatic carbocycles. The lowest BCUT2D eigenvalue weighted by atomic mass is 9.89. The average molecular weight is 297 g/mol. The maximum absolute atomic E-state index is 5.90. The molecule has 5 nitrogen and oxygen atoms in total. The van der Waals surface area contributed by atoms with Crippen LogP contribution in [0.2, 0.25) is 0 Å². The van der Waals surface area contributed by atoms with Crippen molar-refractivity contribution < 1.29 is 9.47 Å². The molecule has 2 heterocycles. The van der Waals surface area contributed by atoms with Gasteiger partial charge in [-0.2, -0.15) is 0 Å². The third kappa shape index (κ3) is 2.88. The van der Waals surface area contributed by atoms with E-state index in [1.54, 1.807) is 0 Å². The van der Waals surface area contributed by atoms with Gasteiger partial charge < -0.3 is 19.4 Å². The van der Waals surface area contributed by atoms with E-state index >= 15 is 0 Å². The Labute approximate surface area is 124 Å². The van der Waals surface area contributed by atoms with Gasteiger partial charge in [0.1, 0.15) is 0 Å². The van der Waals surface area contributed by atoms with Gasteiger partial charge in [0.15, 0.2) is 10.9 Å². The molecule has 1 N–H and O–H groups in total. The highest BCUT2D eigenvalue weighted by molar-refractivity contribution is 7.99. The number of ether oxygens (including phenoxy) is 2. The zero-order valence-electron chi connectivity index (χ0n) is 12.2. The largest absolute Gasteiger partial charge is 0.347 e. The minimum absolute atomic E-state index is 0.339. The van der Waals surface area contributed by atoms with Crippen molar-refractivity contribution in [3.05, 3.63) is 12.4 Å². The molecule has 1 saturated carbocycles. The van der Waals surface area contributed by atoms with Gasteiger partial charge in [0.2, 0.25) is 0 Å². The van der Waals surface area contributed by atoms with Gasteiger partial charge >= 0.3 is 0 Å². The number of thioether (sulfide) groups is 1. The van der Waals surface area contributed by atoms with E-state index in [9.17, 15) is 0 Å². The van der Waals surface area contributed by atoms with E-state index in [0.717, 1.165) is 44.2 Å². The molecule has 1 aliphatic heterocycles. The van der Waals surface area contributed by atoms with Crippen molar-refractivity contribution in [3.63, 3.8) is 0 Å². The van der Waals surface area contributed by atoms with Crippen molar-refractivity contribution in [3.8, 4) is 0 Å². The molecular formula is C14H23N3O2S. The fourth-order valence-corrected chi connectivity index (χ4v) is 4.45. The second kappa shape index (κ2) is 6.05. The van der Waals surface area contributed by atoms with E-state index in [4.69, 9.17) is 9.47 Å². The molecule has 2 aliphatic rings. The number of rotatable bonds is 4. The van der Waals surface area contributed by atoms with Crippen LogP contribution in [0.25, 0.3) is 0 Å². The molecule has 112 valence electrons. The molecule has 1 saturated heterocycles. The Morgan fingerprint density at radius 2 is 2.30 bits per heavy atom. The lowest BCUT2D eigenvalue weighted by Gasteiger charge is -2.40. The van der Waals surface area contributed by atoms with Crippen LogP contribution in [-0.4, -0.2) is 46.4 Å². The number of hydrogen-bond acceptors (Lipinski definition) is 5. The Kier molecular flexibility index (Phi) is 4.35. The molecule has 1 aliphatic carbocycles. The van der Waals surface area contributed by atoms with Gasteiger partial charge in [-0.25, -0.2) is 4.98 Å². The highest BCUT2D eigenvalue weighted by Crippen LogP contribution is 2.42. The molecule has 2 atom stereocenters. The smallest absolute Gasteiger partial charge is 0.169 e. The number of nitrogens with one attached hydrogen (secondary N) is 1. The highest BCUT2D eigenvalue weighted by atomic mass is 32.2. The van der Waals surface area contributed by atoms with Gasteiger partial charge in [0.25, 0.3) is 0 Å². The molecule has 2 fully saturated rings. The first-order valence-corrected chi connectivity index (χ1v) is 8.26. The lowest BCUT2D eigenvalue weighted by molar-refractivity contribution is -0.178. The highest BCUT2D eigenvalue weighted by Gasteiger charge is 2.45. The standard InChI is InChI=1S/C14H23N3O2S/c1-3-15-11-4-5-14(18-8-9-19-14)10-12(11)20-13-16-6-7-17(13)2/h6-7,11-12,15H,3-5,8-10H2,1-2H3. The summed E-state index contributed by atoms with van der Waals surface area (Å²) in [5.41, 5.74) is 0. The van der Waals surface area contributed by atoms with Crippen molar-refractivity contribution in [2.45, 2.75) is 48.4 Å². The second-order valence-electron chi connectivity index (χ2n) is 5.49. The quantitative estimate of drug-likeness (QED) is 0.918. The summed E-state index contributed by atoms with van der Waals surface area (Å²) in [7, 11) is 2.04. The van der Waals surface area contributed by atoms with Crippen molar-refractivity contribution in [2.24, 2.45) is 7.05 Å². The van der Waals surface area contributed by atoms with Gasteiger partial charge in [0, 0.05) is 43.6 Å². The van der Waals surface area contributed by atoms with Crippen molar-refractivity contribution in [1.29, 1.82) is 0 Å². The van der Waals surface area contributed by atoms with Crippen LogP contribution >= 0.6 is 11.8 Å². The second-order valence-corrected chi connectivity index (χ2v) is 6.70. The molecule has 1 spiro atoms. The minimum Gasteiger partial charge on any atom is -0.347 e. The molecule has 1 aromatic rings. The average Bonchev–Trinajstić information content (AvgIpc) is 3.04. The zero-order chi connectivity index (χ0) is 14.0. The van der Waals surface area contributed by atoms with E-state index in [1.807, 2.05) is 31.2 Å². The SMILES string of the molecule is CCNC1CCC2(CC1Sc1nccn1C)OCCO2. The third-order valence-electron chi connectivity index (χ3n) is 4.11. The van der Waals surface area contributed by atoms with Gasteiger partial charge in [-0.3, -0.25) is 0 Å². The summed E-state index contributed by atoms with van der Waals surface area (Å²) in [5.74, 6) is -0.339. The molecule has 0 radical (unpaired) electrons. The molecule has 3 rings (SSSR count). The van der Waals surface area contributed by atoms with Crippen LogP contribution in [0, 0.1) is 0 Å². The zero-order valence-corrected chi connectivity index (χ0v) is 13.0. The Morgan fingerprint density at radius 1 is 1.50 bits per heavy atom. The summed E-state index contributed by atoms with van der Waals surface area (Å²) in [4.78, 5) is 4.44. The van der Waals surface area contributed by atoms with Crippen LogP contribution < -0.4 is 5.32 Å². The molecular weight excluding hydrogens is 274 g/mol. The minimum atomic E-state index is -0.339.